The fraction of sp³-hybridized carbons (Fsp3) is 0.667. The van der Waals surface area contributed by atoms with E-state index in [1.54, 1.807) is 6.20 Å². The maximum Gasteiger partial charge on any atom is 0.113 e. The van der Waals surface area contributed by atoms with Gasteiger partial charge in [-0.25, -0.2) is 4.98 Å². The van der Waals surface area contributed by atoms with E-state index < -0.39 is 0 Å². The zero-order valence-corrected chi connectivity index (χ0v) is 9.40. The van der Waals surface area contributed by atoms with Gasteiger partial charge in [-0.3, -0.25) is 0 Å². The summed E-state index contributed by atoms with van der Waals surface area (Å²) in [5, 5.41) is 4.42. The molecule has 5 heteroatoms. The topological polar surface area (TPSA) is 34.2 Å². The second-order valence-electron chi connectivity index (χ2n) is 3.42. The Morgan fingerprint density at radius 3 is 3.29 bits per heavy atom. The van der Waals surface area contributed by atoms with Crippen LogP contribution in [-0.2, 0) is 11.3 Å². The van der Waals surface area contributed by atoms with Gasteiger partial charge >= 0.3 is 0 Å². The molecule has 1 aromatic heterocycles. The third kappa shape index (κ3) is 2.92. The molecule has 14 heavy (non-hydrogen) atoms. The summed E-state index contributed by atoms with van der Waals surface area (Å²) in [5.74, 6) is 0.672. The van der Waals surface area contributed by atoms with Crippen LogP contribution in [0.25, 0.3) is 0 Å². The lowest BCUT2D eigenvalue weighted by molar-refractivity contribution is 0.185. The van der Waals surface area contributed by atoms with Gasteiger partial charge in [0.15, 0.2) is 0 Å². The monoisotopic (exact) mass is 232 g/mol. The maximum atomic E-state index is 5.77. The van der Waals surface area contributed by atoms with Gasteiger partial charge in [0, 0.05) is 19.7 Å². The highest BCUT2D eigenvalue weighted by Gasteiger charge is 2.14. The molecule has 0 amide bonds. The van der Waals surface area contributed by atoms with Crippen molar-refractivity contribution in [1.29, 1.82) is 0 Å². The van der Waals surface area contributed by atoms with Gasteiger partial charge in [0.2, 0.25) is 0 Å². The Hall–Kier alpha value is -0.160. The third-order valence-electron chi connectivity index (χ3n) is 2.26. The maximum absolute atomic E-state index is 5.77. The highest BCUT2D eigenvalue weighted by Crippen LogP contribution is 2.18. The van der Waals surface area contributed by atoms with Crippen molar-refractivity contribution >= 4 is 22.9 Å². The third-order valence-corrected chi connectivity index (χ3v) is 3.37. The Kier molecular flexibility index (Phi) is 3.75. The normalized spacial score (nSPS) is 21.6. The number of thiazole rings is 1. The largest absolute Gasteiger partial charge is 0.381 e. The predicted octanol–water partition coefficient (Wildman–Crippen LogP) is 1.92. The summed E-state index contributed by atoms with van der Waals surface area (Å²) < 4.78 is 6.05. The average molecular weight is 233 g/mol. The Morgan fingerprint density at radius 2 is 2.64 bits per heavy atom. The summed E-state index contributed by atoms with van der Waals surface area (Å²) >= 11 is 7.31. The number of nitrogens with one attached hydrogen (secondary N) is 1. The number of hydrogen-bond donors (Lipinski definition) is 1. The Balaban J connectivity index is 1.67. The van der Waals surface area contributed by atoms with Gasteiger partial charge in [0.25, 0.3) is 0 Å². The van der Waals surface area contributed by atoms with Crippen LogP contribution < -0.4 is 5.32 Å². The number of aromatic nitrogens is 1. The van der Waals surface area contributed by atoms with E-state index in [1.807, 2.05) is 0 Å². The molecule has 0 bridgehead atoms. The van der Waals surface area contributed by atoms with Crippen LogP contribution in [-0.4, -0.2) is 24.7 Å². The van der Waals surface area contributed by atoms with Gasteiger partial charge < -0.3 is 10.1 Å². The van der Waals surface area contributed by atoms with Gasteiger partial charge in [-0.15, -0.1) is 11.3 Å². The van der Waals surface area contributed by atoms with E-state index in [0.29, 0.717) is 5.92 Å². The first kappa shape index (κ1) is 10.4. The average Bonchev–Trinajstić information content (AvgIpc) is 2.77. The minimum atomic E-state index is 0.672. The van der Waals surface area contributed by atoms with E-state index in [-0.39, 0.29) is 0 Å². The van der Waals surface area contributed by atoms with Crippen LogP contribution in [0.2, 0.25) is 4.34 Å². The summed E-state index contributed by atoms with van der Waals surface area (Å²) in [5.41, 5.74) is 0. The molecule has 2 rings (SSSR count). The molecule has 0 spiro atoms. The molecular formula is C9H13ClN2OS. The van der Waals surface area contributed by atoms with Crippen molar-refractivity contribution in [3.8, 4) is 0 Å². The van der Waals surface area contributed by atoms with E-state index in [9.17, 15) is 0 Å². The molecule has 1 unspecified atom stereocenters. The van der Waals surface area contributed by atoms with E-state index in [4.69, 9.17) is 16.3 Å². The highest BCUT2D eigenvalue weighted by molar-refractivity contribution is 7.15. The van der Waals surface area contributed by atoms with Crippen molar-refractivity contribution in [3.63, 3.8) is 0 Å². The van der Waals surface area contributed by atoms with E-state index >= 15 is 0 Å². The van der Waals surface area contributed by atoms with Gasteiger partial charge in [-0.05, 0) is 12.3 Å². The van der Waals surface area contributed by atoms with Gasteiger partial charge in [-0.1, -0.05) is 11.6 Å². The van der Waals surface area contributed by atoms with Gasteiger partial charge in [0.05, 0.1) is 12.8 Å². The zero-order valence-electron chi connectivity index (χ0n) is 7.83. The van der Waals surface area contributed by atoms with Crippen LogP contribution >= 0.6 is 22.9 Å². The number of ether oxygens (including phenoxy) is 1. The minimum Gasteiger partial charge on any atom is -0.381 e. The molecule has 1 aliphatic rings. The first-order chi connectivity index (χ1) is 6.84. The Morgan fingerprint density at radius 1 is 1.71 bits per heavy atom. The molecule has 1 aliphatic heterocycles. The predicted molar refractivity (Wildman–Crippen MR) is 57.8 cm³/mol. The molecule has 2 heterocycles. The summed E-state index contributed by atoms with van der Waals surface area (Å²) in [6, 6.07) is 0. The van der Waals surface area contributed by atoms with Crippen molar-refractivity contribution in [3.05, 3.63) is 15.5 Å². The van der Waals surface area contributed by atoms with Crippen molar-refractivity contribution in [1.82, 2.24) is 10.3 Å². The molecule has 0 aliphatic carbocycles. The van der Waals surface area contributed by atoms with Crippen LogP contribution in [0.4, 0.5) is 0 Å². The molecule has 1 atom stereocenters. The number of nitrogens with zero attached hydrogens (tertiary/aromatic N) is 1. The molecule has 1 fully saturated rings. The molecule has 0 saturated carbocycles. The molecule has 1 N–H and O–H groups in total. The van der Waals surface area contributed by atoms with Crippen LogP contribution in [0.1, 0.15) is 11.4 Å². The van der Waals surface area contributed by atoms with Crippen LogP contribution in [0, 0.1) is 5.92 Å². The van der Waals surface area contributed by atoms with Gasteiger partial charge in [-0.2, -0.15) is 0 Å². The second kappa shape index (κ2) is 5.07. The first-order valence-corrected chi connectivity index (χ1v) is 5.92. The van der Waals surface area contributed by atoms with Crippen molar-refractivity contribution in [2.45, 2.75) is 13.0 Å². The molecule has 1 saturated heterocycles. The lowest BCUT2D eigenvalue weighted by atomic mass is 10.1. The van der Waals surface area contributed by atoms with Crippen LogP contribution in [0.3, 0.4) is 0 Å². The molecule has 3 nitrogen and oxygen atoms in total. The van der Waals surface area contributed by atoms with Crippen molar-refractivity contribution in [2.24, 2.45) is 5.92 Å². The SMILES string of the molecule is Clc1cnc(CNCC2CCOC2)s1. The zero-order chi connectivity index (χ0) is 9.80. The van der Waals surface area contributed by atoms with E-state index in [1.165, 1.54) is 17.8 Å². The Labute approximate surface area is 92.4 Å². The standard InChI is InChI=1S/C9H13ClN2OS/c10-8-4-12-9(14-8)5-11-3-7-1-2-13-6-7/h4,7,11H,1-3,5-6H2. The van der Waals surface area contributed by atoms with Gasteiger partial charge in [0.1, 0.15) is 9.34 Å². The Bertz CT molecular complexity index is 286. The summed E-state index contributed by atoms with van der Waals surface area (Å²) in [7, 11) is 0. The summed E-state index contributed by atoms with van der Waals surface area (Å²) in [4.78, 5) is 4.17. The van der Waals surface area contributed by atoms with E-state index in [2.05, 4.69) is 10.3 Å². The highest BCUT2D eigenvalue weighted by atomic mass is 35.5. The minimum absolute atomic E-state index is 0.672. The van der Waals surface area contributed by atoms with E-state index in [0.717, 1.165) is 35.6 Å². The number of halogens is 1. The number of hydrogen-bond acceptors (Lipinski definition) is 4. The first-order valence-electron chi connectivity index (χ1n) is 4.73. The quantitative estimate of drug-likeness (QED) is 0.862. The van der Waals surface area contributed by atoms with Crippen LogP contribution in [0.5, 0.6) is 0 Å². The summed E-state index contributed by atoms with van der Waals surface area (Å²) in [6.07, 6.45) is 2.87. The molecular weight excluding hydrogens is 220 g/mol. The molecule has 0 aromatic carbocycles. The lowest BCUT2D eigenvalue weighted by Gasteiger charge is -2.07. The van der Waals surface area contributed by atoms with Crippen LogP contribution in [0.15, 0.2) is 6.20 Å². The molecule has 1 aromatic rings. The summed E-state index contributed by atoms with van der Waals surface area (Å²) in [6.45, 7) is 3.63. The molecule has 0 radical (unpaired) electrons. The fourth-order valence-electron chi connectivity index (χ4n) is 1.50. The number of rotatable bonds is 4. The van der Waals surface area contributed by atoms with Crippen molar-refractivity contribution in [2.75, 3.05) is 19.8 Å². The second-order valence-corrected chi connectivity index (χ2v) is 5.17. The lowest BCUT2D eigenvalue weighted by Crippen LogP contribution is -2.22. The molecule has 78 valence electrons. The van der Waals surface area contributed by atoms with Crippen molar-refractivity contribution < 1.29 is 4.74 Å². The smallest absolute Gasteiger partial charge is 0.113 e. The fourth-order valence-corrected chi connectivity index (χ4v) is 2.42.